The van der Waals surface area contributed by atoms with Crippen molar-refractivity contribution in [3.63, 3.8) is 0 Å². The van der Waals surface area contributed by atoms with Crippen LogP contribution in [0.1, 0.15) is 73.9 Å². The number of carbonyl (C=O) groups is 4. The summed E-state index contributed by atoms with van der Waals surface area (Å²) in [5.41, 5.74) is 4.31. The highest BCUT2D eigenvalue weighted by molar-refractivity contribution is 6.25. The average Bonchev–Trinajstić information content (AvgIpc) is 3.81. The Hall–Kier alpha value is -5.52. The fraction of sp³-hybridized carbons (Fsp3) is 0.294. The fourth-order valence-electron chi connectivity index (χ4n) is 6.51. The van der Waals surface area contributed by atoms with Gasteiger partial charge in [-0.3, -0.25) is 33.4 Å². The van der Waals surface area contributed by atoms with E-state index in [4.69, 9.17) is 0 Å². The first-order valence-electron chi connectivity index (χ1n) is 15.5. The van der Waals surface area contributed by atoms with Gasteiger partial charge in [0.05, 0.1) is 29.9 Å². The molecule has 1 unspecified atom stereocenters. The highest BCUT2D eigenvalue weighted by Crippen LogP contribution is 2.33. The van der Waals surface area contributed by atoms with Crippen molar-refractivity contribution < 1.29 is 19.2 Å². The average molecular weight is 619 g/mol. The largest absolute Gasteiger partial charge is 0.380 e. The molecule has 2 aromatic heterocycles. The molecule has 7 rings (SSSR count). The van der Waals surface area contributed by atoms with Crippen LogP contribution in [0.25, 0.3) is 0 Å². The van der Waals surface area contributed by atoms with Crippen LogP contribution in [0.15, 0.2) is 85.6 Å². The van der Waals surface area contributed by atoms with Crippen LogP contribution in [-0.2, 0) is 17.9 Å². The first kappa shape index (κ1) is 29.2. The zero-order valence-electron chi connectivity index (χ0n) is 25.3. The van der Waals surface area contributed by atoms with Gasteiger partial charge in [-0.2, -0.15) is 10.2 Å². The molecule has 4 amide bonds. The highest BCUT2D eigenvalue weighted by Gasteiger charge is 2.45. The predicted molar refractivity (Wildman–Crippen MR) is 169 cm³/mol. The number of allylic oxidation sites excluding steroid dienone is 1. The number of anilines is 1. The molecule has 0 radical (unpaired) electrons. The maximum absolute atomic E-state index is 13.4. The van der Waals surface area contributed by atoms with Crippen LogP contribution in [0, 0.1) is 0 Å². The Balaban J connectivity index is 0.957. The van der Waals surface area contributed by atoms with E-state index >= 15 is 0 Å². The number of aromatic nitrogens is 4. The smallest absolute Gasteiger partial charge is 0.264 e. The first-order valence-corrected chi connectivity index (χ1v) is 15.5. The molecular formula is C34H34N8O4. The Labute approximate surface area is 265 Å². The summed E-state index contributed by atoms with van der Waals surface area (Å²) in [5, 5.41) is 14.8. The van der Waals surface area contributed by atoms with Gasteiger partial charge in [0.1, 0.15) is 6.04 Å². The van der Waals surface area contributed by atoms with Crippen LogP contribution in [0.2, 0.25) is 0 Å². The topological polar surface area (TPSA) is 134 Å². The summed E-state index contributed by atoms with van der Waals surface area (Å²) in [5.74, 6) is -1.30. The Morgan fingerprint density at radius 3 is 2.59 bits per heavy atom. The fourth-order valence-corrected chi connectivity index (χ4v) is 6.51. The predicted octanol–water partition coefficient (Wildman–Crippen LogP) is 3.61. The minimum Gasteiger partial charge on any atom is -0.380 e. The van der Waals surface area contributed by atoms with Crippen molar-refractivity contribution in [2.45, 2.75) is 50.9 Å². The maximum Gasteiger partial charge on any atom is 0.264 e. The lowest BCUT2D eigenvalue weighted by Crippen LogP contribution is -2.51. The number of amides is 4. The zero-order chi connectivity index (χ0) is 31.8. The molecule has 3 aliphatic rings. The van der Waals surface area contributed by atoms with Crippen molar-refractivity contribution >= 4 is 29.3 Å². The summed E-state index contributed by atoms with van der Waals surface area (Å²) in [6, 6.07) is 14.0. The van der Waals surface area contributed by atoms with Crippen molar-refractivity contribution in [1.82, 2.24) is 34.7 Å². The molecule has 1 atom stereocenters. The molecule has 0 saturated carbocycles. The number of rotatable bonds is 8. The van der Waals surface area contributed by atoms with Gasteiger partial charge >= 0.3 is 0 Å². The molecule has 2 saturated heterocycles. The van der Waals surface area contributed by atoms with Crippen LogP contribution in [0.3, 0.4) is 0 Å². The number of nitrogens with zero attached hydrogens (tertiary/aromatic N) is 6. The second-order valence-electron chi connectivity index (χ2n) is 12.0. The van der Waals surface area contributed by atoms with Crippen LogP contribution in [0.5, 0.6) is 0 Å². The number of fused-ring (bicyclic) bond motifs is 1. The Morgan fingerprint density at radius 1 is 0.978 bits per heavy atom. The standard InChI is InChI=1S/C34H34N8O4/c1-22-9-10-29(31(43)38-22)42-33(45)27-7-3-8-28(30(27)34(42)46)35-18-24-19-37-41(21-24)26-11-15-39(16-12-26)32(44)25-6-2-5-23(17-25)20-40-14-4-13-36-40/h2-8,13-14,17,19,21,26,29,35H,1,9-12,15-16,18,20H2,(H,38,43). The summed E-state index contributed by atoms with van der Waals surface area (Å²) in [7, 11) is 0. The third kappa shape index (κ3) is 5.57. The summed E-state index contributed by atoms with van der Waals surface area (Å²) in [6.45, 7) is 6.06. The number of imide groups is 1. The quantitative estimate of drug-likeness (QED) is 0.288. The summed E-state index contributed by atoms with van der Waals surface area (Å²) in [4.78, 5) is 55.5. The number of nitrogens with one attached hydrogen (secondary N) is 2. The van der Waals surface area contributed by atoms with Crippen molar-refractivity contribution in [3.05, 3.63) is 113 Å². The third-order valence-electron chi connectivity index (χ3n) is 8.92. The van der Waals surface area contributed by atoms with Gasteiger partial charge < -0.3 is 15.5 Å². The van der Waals surface area contributed by atoms with E-state index < -0.39 is 23.8 Å². The number of carbonyl (C=O) groups excluding carboxylic acids is 4. The van der Waals surface area contributed by atoms with Gasteiger partial charge in [0.25, 0.3) is 17.7 Å². The van der Waals surface area contributed by atoms with E-state index in [1.54, 1.807) is 30.6 Å². The molecule has 234 valence electrons. The monoisotopic (exact) mass is 618 g/mol. The summed E-state index contributed by atoms with van der Waals surface area (Å²) >= 11 is 0. The van der Waals surface area contributed by atoms with E-state index in [-0.39, 0.29) is 23.1 Å². The number of benzene rings is 2. The minimum absolute atomic E-state index is 0.0303. The Morgan fingerprint density at radius 2 is 1.80 bits per heavy atom. The number of hydrogen-bond donors (Lipinski definition) is 2. The van der Waals surface area contributed by atoms with Gasteiger partial charge in [-0.25, -0.2) is 0 Å². The molecule has 2 aromatic carbocycles. The van der Waals surface area contributed by atoms with E-state index in [1.807, 2.05) is 57.0 Å². The normalized spacial score (nSPS) is 18.6. The summed E-state index contributed by atoms with van der Waals surface area (Å²) in [6.07, 6.45) is 9.85. The Kier molecular flexibility index (Phi) is 7.69. The van der Waals surface area contributed by atoms with Gasteiger partial charge in [-0.1, -0.05) is 24.8 Å². The number of piperidine rings is 2. The molecule has 0 bridgehead atoms. The highest BCUT2D eigenvalue weighted by atomic mass is 16.2. The van der Waals surface area contributed by atoms with Gasteiger partial charge in [-0.05, 0) is 61.6 Å². The van der Waals surface area contributed by atoms with Crippen LogP contribution < -0.4 is 10.6 Å². The molecule has 12 heteroatoms. The lowest BCUT2D eigenvalue weighted by Gasteiger charge is -2.32. The van der Waals surface area contributed by atoms with Gasteiger partial charge in [-0.15, -0.1) is 0 Å². The van der Waals surface area contributed by atoms with Crippen LogP contribution in [-0.4, -0.2) is 72.1 Å². The second kappa shape index (κ2) is 12.1. The van der Waals surface area contributed by atoms with E-state index in [2.05, 4.69) is 27.4 Å². The van der Waals surface area contributed by atoms with Crippen molar-refractivity contribution in [1.29, 1.82) is 0 Å². The molecular weight excluding hydrogens is 584 g/mol. The molecule has 2 N–H and O–H groups in total. The molecule has 46 heavy (non-hydrogen) atoms. The lowest BCUT2D eigenvalue weighted by atomic mass is 10.0. The number of hydrogen-bond acceptors (Lipinski definition) is 7. The van der Waals surface area contributed by atoms with Crippen molar-refractivity contribution in [2.24, 2.45) is 0 Å². The molecule has 0 spiro atoms. The lowest BCUT2D eigenvalue weighted by molar-refractivity contribution is -0.125. The van der Waals surface area contributed by atoms with E-state index in [9.17, 15) is 19.2 Å². The second-order valence-corrected chi connectivity index (χ2v) is 12.0. The van der Waals surface area contributed by atoms with Crippen molar-refractivity contribution in [2.75, 3.05) is 18.4 Å². The van der Waals surface area contributed by atoms with Crippen LogP contribution >= 0.6 is 0 Å². The third-order valence-corrected chi connectivity index (χ3v) is 8.92. The van der Waals surface area contributed by atoms with E-state index in [1.165, 1.54) is 0 Å². The number of likely N-dealkylation sites (tertiary alicyclic amines) is 1. The SMILES string of the molecule is C=C1CCC(N2C(=O)c3cccc(NCc4cnn(C5CCN(C(=O)c6cccc(Cn7cccn7)c6)CC5)c4)c3C2=O)C(=O)N1. The summed E-state index contributed by atoms with van der Waals surface area (Å²) < 4.78 is 3.78. The van der Waals surface area contributed by atoms with Gasteiger partial charge in [0.2, 0.25) is 5.91 Å². The first-order chi connectivity index (χ1) is 22.4. The zero-order valence-corrected chi connectivity index (χ0v) is 25.3. The molecule has 2 fully saturated rings. The van der Waals surface area contributed by atoms with Gasteiger partial charge in [0.15, 0.2) is 0 Å². The van der Waals surface area contributed by atoms with E-state index in [0.717, 1.165) is 28.9 Å². The molecule has 0 aliphatic carbocycles. The molecule has 3 aliphatic heterocycles. The van der Waals surface area contributed by atoms with Crippen LogP contribution in [0.4, 0.5) is 5.69 Å². The van der Waals surface area contributed by atoms with Gasteiger partial charge in [0, 0.05) is 60.7 Å². The van der Waals surface area contributed by atoms with Crippen molar-refractivity contribution in [3.8, 4) is 0 Å². The Bertz CT molecular complexity index is 1840. The van der Waals surface area contributed by atoms with E-state index in [0.29, 0.717) is 56.0 Å². The molecule has 4 aromatic rings. The minimum atomic E-state index is -0.858. The molecule has 5 heterocycles. The molecule has 12 nitrogen and oxygen atoms in total. The maximum atomic E-state index is 13.4.